The van der Waals surface area contributed by atoms with Gasteiger partial charge < -0.3 is 9.80 Å². The fraction of sp³-hybridized carbons (Fsp3) is 0.292. The molecule has 0 radical (unpaired) electrons. The zero-order valence-electron chi connectivity index (χ0n) is 18.4. The van der Waals surface area contributed by atoms with Crippen LogP contribution in [-0.2, 0) is 11.3 Å². The number of aromatic nitrogens is 2. The summed E-state index contributed by atoms with van der Waals surface area (Å²) >= 11 is 8.19. The Hall–Kier alpha value is -2.91. The fourth-order valence-electron chi connectivity index (χ4n) is 4.73. The SMILES string of the molecule is C=CC(=O)N1CCN(c2nc(=O)n3c4c(c(-c5ccc(F)cc5F)c(Cl)cc24)SCC3)CC1C. The van der Waals surface area contributed by atoms with Crippen LogP contribution >= 0.6 is 23.4 Å². The van der Waals surface area contributed by atoms with E-state index in [1.807, 2.05) is 11.8 Å². The summed E-state index contributed by atoms with van der Waals surface area (Å²) < 4.78 is 29.9. The molecule has 2 aliphatic heterocycles. The van der Waals surface area contributed by atoms with E-state index in [0.29, 0.717) is 64.1 Å². The van der Waals surface area contributed by atoms with Crippen molar-refractivity contribution in [3.05, 3.63) is 64.1 Å². The molecule has 1 atom stereocenters. The first-order valence-corrected chi connectivity index (χ1v) is 12.2. The maximum atomic E-state index is 14.7. The van der Waals surface area contributed by atoms with E-state index in [0.717, 1.165) is 6.07 Å². The molecule has 0 saturated carbocycles. The van der Waals surface area contributed by atoms with Crippen molar-refractivity contribution in [1.29, 1.82) is 0 Å². The molecule has 176 valence electrons. The van der Waals surface area contributed by atoms with E-state index < -0.39 is 17.3 Å². The molecule has 0 bridgehead atoms. The van der Waals surface area contributed by atoms with Gasteiger partial charge in [-0.05, 0) is 31.2 Å². The Morgan fingerprint density at radius 1 is 1.26 bits per heavy atom. The van der Waals surface area contributed by atoms with Gasteiger partial charge in [0.1, 0.15) is 17.5 Å². The predicted molar refractivity (Wildman–Crippen MR) is 131 cm³/mol. The molecule has 2 aliphatic rings. The second kappa shape index (κ2) is 8.70. The van der Waals surface area contributed by atoms with Crippen LogP contribution in [0.4, 0.5) is 14.6 Å². The quantitative estimate of drug-likeness (QED) is 0.499. The molecule has 1 unspecified atom stereocenters. The smallest absolute Gasteiger partial charge is 0.350 e. The minimum atomic E-state index is -0.719. The van der Waals surface area contributed by atoms with E-state index in [-0.39, 0.29) is 17.5 Å². The minimum absolute atomic E-state index is 0.108. The normalized spacial score (nSPS) is 17.8. The molecule has 3 aromatic rings. The topological polar surface area (TPSA) is 58.4 Å². The Balaban J connectivity index is 1.69. The second-order valence-electron chi connectivity index (χ2n) is 8.33. The van der Waals surface area contributed by atoms with Gasteiger partial charge in [-0.1, -0.05) is 18.2 Å². The number of amides is 1. The lowest BCUT2D eigenvalue weighted by Gasteiger charge is -2.40. The Morgan fingerprint density at radius 3 is 2.76 bits per heavy atom. The van der Waals surface area contributed by atoms with Gasteiger partial charge in [-0.2, -0.15) is 4.98 Å². The summed E-state index contributed by atoms with van der Waals surface area (Å²) in [6.07, 6.45) is 1.30. The molecule has 34 heavy (non-hydrogen) atoms. The van der Waals surface area contributed by atoms with Crippen LogP contribution in [0.15, 0.2) is 46.6 Å². The maximum absolute atomic E-state index is 14.7. The third-order valence-corrected chi connectivity index (χ3v) is 7.67. The summed E-state index contributed by atoms with van der Waals surface area (Å²) in [6.45, 7) is 7.40. The summed E-state index contributed by atoms with van der Waals surface area (Å²) in [4.78, 5) is 34.0. The lowest BCUT2D eigenvalue weighted by atomic mass is 10.0. The summed E-state index contributed by atoms with van der Waals surface area (Å²) in [7, 11) is 0. The Bertz CT molecular complexity index is 1410. The number of halogens is 3. The number of hydrogen-bond acceptors (Lipinski definition) is 5. The summed E-state index contributed by atoms with van der Waals surface area (Å²) in [5.74, 6) is -0.443. The molecule has 3 heterocycles. The van der Waals surface area contributed by atoms with Gasteiger partial charge in [0, 0.05) is 65.4 Å². The van der Waals surface area contributed by atoms with Crippen molar-refractivity contribution in [1.82, 2.24) is 14.5 Å². The minimum Gasteiger partial charge on any atom is -0.352 e. The van der Waals surface area contributed by atoms with Crippen LogP contribution in [0.25, 0.3) is 22.0 Å². The highest BCUT2D eigenvalue weighted by molar-refractivity contribution is 7.99. The Kier molecular flexibility index (Phi) is 5.85. The van der Waals surface area contributed by atoms with Crippen LogP contribution in [0.1, 0.15) is 6.92 Å². The van der Waals surface area contributed by atoms with Crippen LogP contribution in [0.5, 0.6) is 0 Å². The van der Waals surface area contributed by atoms with E-state index in [9.17, 15) is 18.4 Å². The molecule has 2 aromatic carbocycles. The molecule has 5 rings (SSSR count). The number of nitrogens with zero attached hydrogens (tertiary/aromatic N) is 4. The van der Waals surface area contributed by atoms with Gasteiger partial charge in [0.25, 0.3) is 0 Å². The number of aryl methyl sites for hydroxylation is 1. The van der Waals surface area contributed by atoms with Crippen molar-refractivity contribution in [2.75, 3.05) is 30.3 Å². The third-order valence-electron chi connectivity index (χ3n) is 6.30. The number of piperazine rings is 1. The Morgan fingerprint density at radius 2 is 2.06 bits per heavy atom. The molecule has 0 N–H and O–H groups in total. The molecule has 1 saturated heterocycles. The van der Waals surface area contributed by atoms with Crippen LogP contribution < -0.4 is 10.6 Å². The first-order valence-electron chi connectivity index (χ1n) is 10.8. The number of thioether (sulfide) groups is 1. The summed E-state index contributed by atoms with van der Waals surface area (Å²) in [5, 5.41) is 0.984. The van der Waals surface area contributed by atoms with E-state index in [2.05, 4.69) is 11.6 Å². The van der Waals surface area contributed by atoms with Gasteiger partial charge in [-0.25, -0.2) is 13.6 Å². The van der Waals surface area contributed by atoms with Gasteiger partial charge in [-0.3, -0.25) is 9.36 Å². The Labute approximate surface area is 203 Å². The van der Waals surface area contributed by atoms with Crippen molar-refractivity contribution >= 4 is 46.0 Å². The van der Waals surface area contributed by atoms with E-state index >= 15 is 0 Å². The van der Waals surface area contributed by atoms with E-state index in [4.69, 9.17) is 11.6 Å². The maximum Gasteiger partial charge on any atom is 0.350 e. The van der Waals surface area contributed by atoms with Crippen LogP contribution in [0.3, 0.4) is 0 Å². The highest BCUT2D eigenvalue weighted by Crippen LogP contribution is 2.46. The number of hydrogen-bond donors (Lipinski definition) is 0. The van der Waals surface area contributed by atoms with Gasteiger partial charge in [0.05, 0.1) is 10.5 Å². The average Bonchev–Trinajstić information content (AvgIpc) is 2.81. The number of anilines is 1. The highest BCUT2D eigenvalue weighted by atomic mass is 35.5. The lowest BCUT2D eigenvalue weighted by molar-refractivity contribution is -0.128. The molecule has 0 spiro atoms. The highest BCUT2D eigenvalue weighted by Gasteiger charge is 2.31. The molecule has 6 nitrogen and oxygen atoms in total. The summed E-state index contributed by atoms with van der Waals surface area (Å²) in [5.41, 5.74) is 0.873. The van der Waals surface area contributed by atoms with Crippen molar-refractivity contribution in [3.8, 4) is 11.1 Å². The second-order valence-corrected chi connectivity index (χ2v) is 9.84. The molecule has 10 heteroatoms. The fourth-order valence-corrected chi connectivity index (χ4v) is 6.29. The largest absolute Gasteiger partial charge is 0.352 e. The van der Waals surface area contributed by atoms with E-state index in [1.165, 1.54) is 30.0 Å². The van der Waals surface area contributed by atoms with Crippen molar-refractivity contribution in [2.24, 2.45) is 0 Å². The van der Waals surface area contributed by atoms with Crippen LogP contribution in [0.2, 0.25) is 5.02 Å². The predicted octanol–water partition coefficient (Wildman–Crippen LogP) is 4.32. The number of carbonyl (C=O) groups is 1. The number of benzene rings is 2. The molecule has 1 amide bonds. The van der Waals surface area contributed by atoms with Crippen LogP contribution in [0, 0.1) is 11.6 Å². The van der Waals surface area contributed by atoms with Crippen molar-refractivity contribution in [3.63, 3.8) is 0 Å². The van der Waals surface area contributed by atoms with E-state index in [1.54, 1.807) is 15.5 Å². The monoisotopic (exact) mass is 502 g/mol. The molecule has 0 aliphatic carbocycles. The molecule has 1 fully saturated rings. The van der Waals surface area contributed by atoms with Gasteiger partial charge in [0.2, 0.25) is 5.91 Å². The number of carbonyl (C=O) groups excluding carboxylic acids is 1. The van der Waals surface area contributed by atoms with Gasteiger partial charge >= 0.3 is 5.69 Å². The summed E-state index contributed by atoms with van der Waals surface area (Å²) in [6, 6.07) is 4.98. The van der Waals surface area contributed by atoms with Crippen molar-refractivity contribution < 1.29 is 13.6 Å². The first kappa shape index (κ1) is 22.9. The third kappa shape index (κ3) is 3.67. The molecular formula is C24H21ClF2N4O2S. The first-order chi connectivity index (χ1) is 16.3. The molecule has 1 aromatic heterocycles. The average molecular weight is 503 g/mol. The molecular weight excluding hydrogens is 482 g/mol. The number of rotatable bonds is 3. The lowest BCUT2D eigenvalue weighted by Crippen LogP contribution is -2.54. The van der Waals surface area contributed by atoms with Crippen molar-refractivity contribution in [2.45, 2.75) is 24.4 Å². The zero-order valence-corrected chi connectivity index (χ0v) is 19.9. The van der Waals surface area contributed by atoms with Crippen LogP contribution in [-0.4, -0.2) is 51.8 Å². The zero-order chi connectivity index (χ0) is 24.1. The standard InChI is InChI=1S/C24H21ClF2N4O2S/c1-3-19(32)30-7-6-29(12-13(30)2)23-16-11-17(25)20(15-5-4-14(26)10-18(15)27)22-21(16)31(8-9-34-22)24(33)28-23/h3-5,10-11,13H,1,6-9,12H2,2H3. The van der Waals surface area contributed by atoms with Gasteiger partial charge in [0.15, 0.2) is 0 Å². The van der Waals surface area contributed by atoms with Gasteiger partial charge in [-0.15, -0.1) is 11.8 Å².